The summed E-state index contributed by atoms with van der Waals surface area (Å²) in [5, 5.41) is 2.14. The number of carbonyl (C=O) groups is 3. The number of anilines is 2. The van der Waals surface area contributed by atoms with Crippen LogP contribution in [0.1, 0.15) is 48.3 Å². The average molecular weight is 686 g/mol. The van der Waals surface area contributed by atoms with Gasteiger partial charge in [0.25, 0.3) is 0 Å². The van der Waals surface area contributed by atoms with E-state index in [0.29, 0.717) is 20.6 Å². The van der Waals surface area contributed by atoms with E-state index >= 15 is 0 Å². The first-order chi connectivity index (χ1) is 21.6. The number of alkyl halides is 3. The van der Waals surface area contributed by atoms with E-state index < -0.39 is 63.7 Å². The molecule has 1 fully saturated rings. The van der Waals surface area contributed by atoms with E-state index in [1.807, 2.05) is 24.3 Å². The summed E-state index contributed by atoms with van der Waals surface area (Å²) in [6.07, 6.45) is -4.70. The van der Waals surface area contributed by atoms with E-state index in [1.54, 1.807) is 24.3 Å². The summed E-state index contributed by atoms with van der Waals surface area (Å²) in [5.41, 5.74) is 0.538. The number of hydrogen-bond acceptors (Lipinski definition) is 6. The van der Waals surface area contributed by atoms with E-state index in [-0.39, 0.29) is 5.41 Å². The number of carbonyl (C=O) groups excluding carboxylic acids is 3. The van der Waals surface area contributed by atoms with Crippen molar-refractivity contribution in [2.45, 2.75) is 55.1 Å². The van der Waals surface area contributed by atoms with Crippen molar-refractivity contribution in [3.63, 3.8) is 0 Å². The maximum atomic E-state index is 14.1. The molecule has 0 aliphatic carbocycles. The van der Waals surface area contributed by atoms with Crippen molar-refractivity contribution in [3.05, 3.63) is 109 Å². The molecule has 3 amide bonds. The summed E-state index contributed by atoms with van der Waals surface area (Å²) >= 11 is 7.94. The molecule has 6 rings (SSSR count). The van der Waals surface area contributed by atoms with Crippen molar-refractivity contribution in [1.29, 1.82) is 0 Å². The molecule has 2 aliphatic heterocycles. The van der Waals surface area contributed by atoms with Crippen molar-refractivity contribution in [1.82, 2.24) is 4.57 Å². The third-order valence-corrected chi connectivity index (χ3v) is 10.9. The Kier molecular flexibility index (Phi) is 8.19. The number of para-hydroxylation sites is 1. The SMILES string of the molecule is CC(C)(C)c1ccc([C@H]2c3sc(=O)n(CC(=O)Nc4ccccc4C(F)(F)F)c3SC3C(=O)N(c4ccc(Cl)cc4)C(=O)C32)cc1. The van der Waals surface area contributed by atoms with Crippen LogP contribution in [0.4, 0.5) is 24.5 Å². The molecule has 3 aromatic carbocycles. The number of halogens is 4. The van der Waals surface area contributed by atoms with Gasteiger partial charge in [0.15, 0.2) is 0 Å². The van der Waals surface area contributed by atoms with Crippen LogP contribution in [0.3, 0.4) is 0 Å². The molecule has 238 valence electrons. The lowest BCUT2D eigenvalue weighted by molar-refractivity contribution is -0.137. The molecule has 2 unspecified atom stereocenters. The molecule has 7 nitrogen and oxygen atoms in total. The van der Waals surface area contributed by atoms with Gasteiger partial charge in [-0.1, -0.05) is 91.9 Å². The first-order valence-electron chi connectivity index (χ1n) is 14.2. The monoisotopic (exact) mass is 685 g/mol. The average Bonchev–Trinajstić information content (AvgIpc) is 3.43. The molecular formula is C33H27ClF3N3O4S2. The van der Waals surface area contributed by atoms with Crippen molar-refractivity contribution in [2.75, 3.05) is 10.2 Å². The lowest BCUT2D eigenvalue weighted by atomic mass is 9.81. The van der Waals surface area contributed by atoms with Crippen molar-refractivity contribution >= 4 is 63.8 Å². The Balaban J connectivity index is 1.41. The Morgan fingerprint density at radius 2 is 1.57 bits per heavy atom. The molecular weight excluding hydrogens is 659 g/mol. The predicted molar refractivity (Wildman–Crippen MR) is 173 cm³/mol. The Morgan fingerprint density at radius 1 is 0.913 bits per heavy atom. The molecule has 2 aliphatic rings. The van der Waals surface area contributed by atoms with E-state index in [0.717, 1.165) is 51.3 Å². The smallest absolute Gasteiger partial charge is 0.324 e. The molecule has 13 heteroatoms. The minimum atomic E-state index is -4.70. The Morgan fingerprint density at radius 3 is 2.20 bits per heavy atom. The second-order valence-electron chi connectivity index (χ2n) is 12.1. The minimum absolute atomic E-state index is 0.147. The molecule has 0 bridgehead atoms. The van der Waals surface area contributed by atoms with Crippen LogP contribution in [0.2, 0.25) is 5.02 Å². The molecule has 3 heterocycles. The van der Waals surface area contributed by atoms with E-state index in [2.05, 4.69) is 26.1 Å². The molecule has 1 saturated heterocycles. The normalized spacial score (nSPS) is 19.6. The van der Waals surface area contributed by atoms with E-state index in [9.17, 15) is 32.3 Å². The fourth-order valence-corrected chi connectivity index (χ4v) is 8.72. The summed E-state index contributed by atoms with van der Waals surface area (Å²) in [6.45, 7) is 5.63. The van der Waals surface area contributed by atoms with Crippen LogP contribution >= 0.6 is 34.7 Å². The number of thioether (sulfide) groups is 1. The van der Waals surface area contributed by atoms with Gasteiger partial charge >= 0.3 is 11.0 Å². The highest BCUT2D eigenvalue weighted by Gasteiger charge is 2.57. The number of hydrogen-bond donors (Lipinski definition) is 1. The van der Waals surface area contributed by atoms with Crippen LogP contribution in [-0.4, -0.2) is 27.5 Å². The van der Waals surface area contributed by atoms with Gasteiger partial charge in [-0.15, -0.1) is 0 Å². The fourth-order valence-electron chi connectivity index (χ4n) is 5.82. The van der Waals surface area contributed by atoms with Crippen molar-refractivity contribution < 1.29 is 27.6 Å². The summed E-state index contributed by atoms with van der Waals surface area (Å²) in [5.74, 6) is -3.27. The molecule has 3 atom stereocenters. The number of nitrogens with one attached hydrogen (secondary N) is 1. The van der Waals surface area contributed by atoms with E-state index in [4.69, 9.17) is 11.6 Å². The molecule has 0 radical (unpaired) electrons. The molecule has 4 aromatic rings. The van der Waals surface area contributed by atoms with Crippen LogP contribution in [0.15, 0.2) is 82.6 Å². The van der Waals surface area contributed by atoms with Gasteiger partial charge < -0.3 is 5.32 Å². The summed E-state index contributed by atoms with van der Waals surface area (Å²) in [7, 11) is 0. The number of rotatable bonds is 5. The second-order valence-corrected chi connectivity index (χ2v) is 14.7. The van der Waals surface area contributed by atoms with Crippen molar-refractivity contribution in [2.24, 2.45) is 5.92 Å². The summed E-state index contributed by atoms with van der Waals surface area (Å²) < 4.78 is 41.8. The van der Waals surface area contributed by atoms with Gasteiger partial charge in [0.05, 0.1) is 27.9 Å². The highest BCUT2D eigenvalue weighted by molar-refractivity contribution is 8.00. The zero-order valence-corrected chi connectivity index (χ0v) is 27.1. The zero-order chi connectivity index (χ0) is 33.1. The largest absolute Gasteiger partial charge is 0.418 e. The molecule has 46 heavy (non-hydrogen) atoms. The molecule has 0 saturated carbocycles. The summed E-state index contributed by atoms with van der Waals surface area (Å²) in [4.78, 5) is 55.6. The number of thiazole rings is 1. The summed E-state index contributed by atoms with van der Waals surface area (Å²) in [6, 6.07) is 18.6. The Bertz CT molecular complexity index is 1910. The second kappa shape index (κ2) is 11.7. The Hall–Kier alpha value is -3.87. The van der Waals surface area contributed by atoms with Crippen molar-refractivity contribution in [3.8, 4) is 0 Å². The zero-order valence-electron chi connectivity index (χ0n) is 24.7. The number of nitrogens with zero attached hydrogens (tertiary/aromatic N) is 2. The molecule has 0 spiro atoms. The fraction of sp³-hybridized carbons (Fsp3) is 0.273. The van der Waals surface area contributed by atoms with Crippen LogP contribution in [-0.2, 0) is 32.5 Å². The number of imide groups is 1. The first kappa shape index (κ1) is 32.1. The van der Waals surface area contributed by atoms with Gasteiger partial charge in [0.1, 0.15) is 11.8 Å². The Labute approximate surface area is 275 Å². The third kappa shape index (κ3) is 5.78. The van der Waals surface area contributed by atoms with E-state index in [1.165, 1.54) is 16.7 Å². The predicted octanol–water partition coefficient (Wildman–Crippen LogP) is 7.31. The van der Waals surface area contributed by atoms with Crippen LogP contribution in [0, 0.1) is 5.92 Å². The maximum Gasteiger partial charge on any atom is 0.418 e. The standard InChI is InChI=1S/C33H27ClF3N3O4S2/c1-32(2,3)18-10-8-17(9-11-18)24-25-26(29(43)40(28(25)42)20-14-12-19(34)13-15-20)45-30-27(24)46-31(44)39(30)16-23(41)38-22-7-5-4-6-21(22)33(35,36)37/h4-15,24-26H,16H2,1-3H3,(H,38,41)/t24-,25?,26?/m1/s1. The van der Waals surface area contributed by atoms with Crippen LogP contribution in [0.25, 0.3) is 0 Å². The van der Waals surface area contributed by atoms with Gasteiger partial charge in [-0.2, -0.15) is 13.2 Å². The number of aromatic nitrogens is 1. The minimum Gasteiger partial charge on any atom is -0.324 e. The van der Waals surface area contributed by atoms with Gasteiger partial charge in [0, 0.05) is 15.8 Å². The van der Waals surface area contributed by atoms with Crippen LogP contribution < -0.4 is 15.1 Å². The molecule has 1 N–H and O–H groups in total. The van der Waals surface area contributed by atoms with Gasteiger partial charge in [0.2, 0.25) is 17.7 Å². The highest BCUT2D eigenvalue weighted by Crippen LogP contribution is 2.54. The number of benzene rings is 3. The van der Waals surface area contributed by atoms with Gasteiger partial charge in [-0.05, 0) is 52.9 Å². The van der Waals surface area contributed by atoms with Gasteiger partial charge in [-0.3, -0.25) is 23.7 Å². The van der Waals surface area contributed by atoms with Crippen LogP contribution in [0.5, 0.6) is 0 Å². The quantitative estimate of drug-likeness (QED) is 0.223. The number of amides is 3. The topological polar surface area (TPSA) is 88.5 Å². The highest BCUT2D eigenvalue weighted by atomic mass is 35.5. The van der Waals surface area contributed by atoms with Gasteiger partial charge in [-0.25, -0.2) is 4.90 Å². The lowest BCUT2D eigenvalue weighted by Crippen LogP contribution is -2.33. The first-order valence-corrected chi connectivity index (χ1v) is 16.3. The third-order valence-electron chi connectivity index (χ3n) is 8.08. The molecule has 1 aromatic heterocycles. The lowest BCUT2D eigenvalue weighted by Gasteiger charge is -2.31. The number of fused-ring (bicyclic) bond motifs is 2. The maximum absolute atomic E-state index is 14.1.